The first kappa shape index (κ1) is 7.77. The molecule has 12 heavy (non-hydrogen) atoms. The molecule has 0 radical (unpaired) electrons. The summed E-state index contributed by atoms with van der Waals surface area (Å²) in [6.07, 6.45) is 6.82. The highest BCUT2D eigenvalue weighted by Crippen LogP contribution is 2.31. The molecule has 0 spiro atoms. The fourth-order valence-corrected chi connectivity index (χ4v) is 2.10. The summed E-state index contributed by atoms with van der Waals surface area (Å²) in [7, 11) is 0. The van der Waals surface area contributed by atoms with Gasteiger partial charge in [0, 0.05) is 6.42 Å². The lowest BCUT2D eigenvalue weighted by Gasteiger charge is -2.04. The van der Waals surface area contributed by atoms with E-state index in [0.717, 1.165) is 24.1 Å². The number of rotatable bonds is 2. The Bertz CT molecular complexity index is 230. The number of H-pyrrole nitrogens is 1. The number of aromatic amines is 1. The Kier molecular flexibility index (Phi) is 2.11. The molecule has 1 aliphatic rings. The van der Waals surface area contributed by atoms with E-state index in [2.05, 4.69) is 22.1 Å². The molecular formula is C9H15N3. The van der Waals surface area contributed by atoms with Gasteiger partial charge in [-0.3, -0.25) is 5.10 Å². The molecule has 1 heterocycles. The Morgan fingerprint density at radius 1 is 1.58 bits per heavy atom. The second-order valence-electron chi connectivity index (χ2n) is 3.90. The van der Waals surface area contributed by atoms with E-state index in [9.17, 15) is 0 Å². The average molecular weight is 165 g/mol. The third-order valence-corrected chi connectivity index (χ3v) is 2.74. The molecule has 0 aromatic carbocycles. The summed E-state index contributed by atoms with van der Waals surface area (Å²) in [6, 6.07) is 0. The summed E-state index contributed by atoms with van der Waals surface area (Å²) >= 11 is 0. The van der Waals surface area contributed by atoms with Crippen LogP contribution >= 0.6 is 0 Å². The van der Waals surface area contributed by atoms with Crippen LogP contribution in [0.5, 0.6) is 0 Å². The fraction of sp³-hybridized carbons (Fsp3) is 0.778. The third-order valence-electron chi connectivity index (χ3n) is 2.74. The highest BCUT2D eigenvalue weighted by Gasteiger charge is 2.22. The second kappa shape index (κ2) is 3.25. The zero-order valence-corrected chi connectivity index (χ0v) is 7.45. The van der Waals surface area contributed by atoms with Crippen LogP contribution in [0.15, 0.2) is 6.33 Å². The molecule has 2 unspecified atom stereocenters. The summed E-state index contributed by atoms with van der Waals surface area (Å²) in [4.78, 5) is 4.14. The summed E-state index contributed by atoms with van der Waals surface area (Å²) in [5.74, 6) is 2.72. The monoisotopic (exact) mass is 165 g/mol. The van der Waals surface area contributed by atoms with E-state index < -0.39 is 0 Å². The van der Waals surface area contributed by atoms with Crippen LogP contribution in [-0.4, -0.2) is 15.2 Å². The van der Waals surface area contributed by atoms with Gasteiger partial charge in [-0.2, -0.15) is 5.10 Å². The SMILES string of the molecule is CC1CCC(Cc2nc[nH]n2)C1. The van der Waals surface area contributed by atoms with Gasteiger partial charge >= 0.3 is 0 Å². The number of nitrogens with one attached hydrogen (secondary N) is 1. The number of hydrogen-bond acceptors (Lipinski definition) is 2. The van der Waals surface area contributed by atoms with Gasteiger partial charge in [0.25, 0.3) is 0 Å². The molecule has 3 heteroatoms. The van der Waals surface area contributed by atoms with Crippen molar-refractivity contribution in [3.8, 4) is 0 Å². The molecule has 3 nitrogen and oxygen atoms in total. The minimum absolute atomic E-state index is 0.829. The minimum Gasteiger partial charge on any atom is -0.266 e. The standard InChI is InChI=1S/C9H15N3/c1-7-2-3-8(4-7)5-9-10-6-11-12-9/h6-8H,2-5H2,1H3,(H,10,11,12). The molecule has 66 valence electrons. The molecule has 1 aromatic rings. The van der Waals surface area contributed by atoms with Crippen molar-refractivity contribution < 1.29 is 0 Å². The average Bonchev–Trinajstić information content (AvgIpc) is 2.63. The first-order chi connectivity index (χ1) is 5.84. The van der Waals surface area contributed by atoms with E-state index in [4.69, 9.17) is 0 Å². The molecule has 0 saturated heterocycles. The van der Waals surface area contributed by atoms with Gasteiger partial charge in [-0.25, -0.2) is 4.98 Å². The molecule has 1 aromatic heterocycles. The van der Waals surface area contributed by atoms with Gasteiger partial charge in [0.1, 0.15) is 6.33 Å². The van der Waals surface area contributed by atoms with Crippen molar-refractivity contribution in [2.45, 2.75) is 32.6 Å². The Balaban J connectivity index is 1.88. The Morgan fingerprint density at radius 3 is 3.08 bits per heavy atom. The minimum atomic E-state index is 0.829. The van der Waals surface area contributed by atoms with Crippen LogP contribution in [0.1, 0.15) is 32.0 Å². The highest BCUT2D eigenvalue weighted by atomic mass is 15.2. The number of nitrogens with zero attached hydrogens (tertiary/aromatic N) is 2. The third kappa shape index (κ3) is 1.65. The molecule has 1 aliphatic carbocycles. The summed E-state index contributed by atoms with van der Waals surface area (Å²) in [5.41, 5.74) is 0. The quantitative estimate of drug-likeness (QED) is 0.725. The van der Waals surface area contributed by atoms with Crippen LogP contribution in [0.4, 0.5) is 0 Å². The van der Waals surface area contributed by atoms with E-state index >= 15 is 0 Å². The zero-order chi connectivity index (χ0) is 8.39. The predicted octanol–water partition coefficient (Wildman–Crippen LogP) is 1.78. The van der Waals surface area contributed by atoms with E-state index in [0.29, 0.717) is 0 Å². The lowest BCUT2D eigenvalue weighted by Crippen LogP contribution is -2.01. The lowest BCUT2D eigenvalue weighted by molar-refractivity contribution is 0.502. The van der Waals surface area contributed by atoms with Gasteiger partial charge in [0.15, 0.2) is 5.82 Å². The Hall–Kier alpha value is -0.860. The second-order valence-corrected chi connectivity index (χ2v) is 3.90. The van der Waals surface area contributed by atoms with E-state index in [-0.39, 0.29) is 0 Å². The smallest absolute Gasteiger partial charge is 0.150 e. The van der Waals surface area contributed by atoms with Crippen LogP contribution in [0, 0.1) is 11.8 Å². The van der Waals surface area contributed by atoms with Crippen molar-refractivity contribution in [3.05, 3.63) is 12.2 Å². The van der Waals surface area contributed by atoms with Gasteiger partial charge in [-0.1, -0.05) is 13.3 Å². The summed E-state index contributed by atoms with van der Waals surface area (Å²) in [5, 5.41) is 6.82. The Labute approximate surface area is 72.6 Å². The van der Waals surface area contributed by atoms with Crippen LogP contribution in [-0.2, 0) is 6.42 Å². The summed E-state index contributed by atoms with van der Waals surface area (Å²) in [6.45, 7) is 2.33. The van der Waals surface area contributed by atoms with Crippen molar-refractivity contribution in [2.75, 3.05) is 0 Å². The van der Waals surface area contributed by atoms with Gasteiger partial charge in [0.2, 0.25) is 0 Å². The van der Waals surface area contributed by atoms with Gasteiger partial charge < -0.3 is 0 Å². The molecule has 0 aliphatic heterocycles. The van der Waals surface area contributed by atoms with E-state index in [1.54, 1.807) is 6.33 Å². The molecule has 1 fully saturated rings. The molecule has 2 atom stereocenters. The molecule has 2 rings (SSSR count). The first-order valence-corrected chi connectivity index (χ1v) is 4.69. The van der Waals surface area contributed by atoms with Crippen molar-refractivity contribution in [1.82, 2.24) is 15.2 Å². The maximum atomic E-state index is 4.14. The van der Waals surface area contributed by atoms with Crippen molar-refractivity contribution in [3.63, 3.8) is 0 Å². The van der Waals surface area contributed by atoms with Crippen LogP contribution in [0.3, 0.4) is 0 Å². The normalized spacial score (nSPS) is 29.4. The van der Waals surface area contributed by atoms with E-state index in [1.807, 2.05) is 0 Å². The number of hydrogen-bond donors (Lipinski definition) is 1. The first-order valence-electron chi connectivity index (χ1n) is 4.69. The predicted molar refractivity (Wildman–Crippen MR) is 46.6 cm³/mol. The van der Waals surface area contributed by atoms with Crippen LogP contribution in [0.2, 0.25) is 0 Å². The Morgan fingerprint density at radius 2 is 2.50 bits per heavy atom. The van der Waals surface area contributed by atoms with Crippen molar-refractivity contribution in [1.29, 1.82) is 0 Å². The molecule has 1 N–H and O–H groups in total. The van der Waals surface area contributed by atoms with Crippen molar-refractivity contribution in [2.24, 2.45) is 11.8 Å². The molecule has 0 amide bonds. The largest absolute Gasteiger partial charge is 0.266 e. The maximum Gasteiger partial charge on any atom is 0.150 e. The molecule has 1 saturated carbocycles. The summed E-state index contributed by atoms with van der Waals surface area (Å²) < 4.78 is 0. The number of aromatic nitrogens is 3. The maximum absolute atomic E-state index is 4.14. The zero-order valence-electron chi connectivity index (χ0n) is 7.45. The lowest BCUT2D eigenvalue weighted by atomic mass is 10.0. The molecular weight excluding hydrogens is 150 g/mol. The van der Waals surface area contributed by atoms with Crippen molar-refractivity contribution >= 4 is 0 Å². The van der Waals surface area contributed by atoms with Gasteiger partial charge in [0.05, 0.1) is 0 Å². The fourth-order valence-electron chi connectivity index (χ4n) is 2.10. The van der Waals surface area contributed by atoms with E-state index in [1.165, 1.54) is 19.3 Å². The van der Waals surface area contributed by atoms with Crippen LogP contribution in [0.25, 0.3) is 0 Å². The van der Waals surface area contributed by atoms with Gasteiger partial charge in [-0.15, -0.1) is 0 Å². The topological polar surface area (TPSA) is 41.6 Å². The van der Waals surface area contributed by atoms with Crippen LogP contribution < -0.4 is 0 Å². The highest BCUT2D eigenvalue weighted by molar-refractivity contribution is 4.86. The van der Waals surface area contributed by atoms with Gasteiger partial charge in [-0.05, 0) is 24.7 Å². The molecule has 0 bridgehead atoms.